The summed E-state index contributed by atoms with van der Waals surface area (Å²) in [4.78, 5) is 64.2. The summed E-state index contributed by atoms with van der Waals surface area (Å²) in [5.41, 5.74) is 1.81. The lowest BCUT2D eigenvalue weighted by Gasteiger charge is -2.51. The van der Waals surface area contributed by atoms with Crippen LogP contribution in [0.1, 0.15) is 41.0 Å². The van der Waals surface area contributed by atoms with Crippen LogP contribution >= 0.6 is 23.2 Å². The molecule has 2 saturated heterocycles. The molecule has 0 unspecified atom stereocenters. The summed E-state index contributed by atoms with van der Waals surface area (Å²) in [5, 5.41) is 13.8. The number of phenolic OH excluding ortho intramolecular Hbond substituents is 1. The van der Waals surface area contributed by atoms with Crippen LogP contribution in [0.2, 0.25) is 10.0 Å². The molecule has 0 radical (unpaired) electrons. The number of benzene rings is 4. The number of halogens is 5. The van der Waals surface area contributed by atoms with Crippen LogP contribution < -0.4 is 5.43 Å². The highest BCUT2D eigenvalue weighted by Gasteiger charge is 2.71. The maximum absolute atomic E-state index is 15.5. The standard InChI is InChI=1S/C43H31Cl2F3N4O5/c44-26-13-11-24(12-14-26)42-31(39(55)52(41(42)57)50-37-32(45)18-25(20-49-37)43(46,47)48)19-30-28(36(42)35-27-9-5-4-8-23(27)10-17-33(35)53)15-16-29-34(30)40(56)51(38(29)54)21-22-6-2-1-3-7-22/h1-15,17-18,20,29-31,34,36,53H,16,19,21H2,(H,49,50)/t29-,30+,31-,34-,36+,42+/m0/s1. The molecule has 2 N–H and O–H groups in total. The van der Waals surface area contributed by atoms with Crippen molar-refractivity contribution in [3.8, 4) is 5.75 Å². The zero-order chi connectivity index (χ0) is 40.0. The van der Waals surface area contributed by atoms with Gasteiger partial charge in [-0.25, -0.2) is 4.98 Å². The quantitative estimate of drug-likeness (QED) is 0.131. The third-order valence-corrected chi connectivity index (χ3v) is 12.6. The van der Waals surface area contributed by atoms with Crippen molar-refractivity contribution in [2.45, 2.75) is 36.9 Å². The summed E-state index contributed by atoms with van der Waals surface area (Å²) in [6.07, 6.45) is -2.21. The Labute approximate surface area is 333 Å². The summed E-state index contributed by atoms with van der Waals surface area (Å²) in [6, 6.07) is 26.8. The summed E-state index contributed by atoms with van der Waals surface area (Å²) >= 11 is 12.7. The van der Waals surface area contributed by atoms with Crippen molar-refractivity contribution in [3.63, 3.8) is 0 Å². The third kappa shape index (κ3) is 5.63. The number of nitrogens with zero attached hydrogens (tertiary/aromatic N) is 3. The van der Waals surface area contributed by atoms with Crippen LogP contribution in [0, 0.1) is 23.7 Å². The summed E-state index contributed by atoms with van der Waals surface area (Å²) < 4.78 is 40.6. The molecule has 0 spiro atoms. The van der Waals surface area contributed by atoms with Crippen LogP contribution in [0.4, 0.5) is 19.0 Å². The van der Waals surface area contributed by atoms with E-state index >= 15 is 9.59 Å². The Morgan fingerprint density at radius 2 is 1.58 bits per heavy atom. The summed E-state index contributed by atoms with van der Waals surface area (Å²) in [6.45, 7) is 0.0647. The highest BCUT2D eigenvalue weighted by Crippen LogP contribution is 2.65. The molecule has 9 nitrogen and oxygen atoms in total. The molecule has 3 fully saturated rings. The smallest absolute Gasteiger partial charge is 0.417 e. The van der Waals surface area contributed by atoms with Gasteiger partial charge in [0.1, 0.15) is 5.75 Å². The number of rotatable bonds is 6. The van der Waals surface area contributed by atoms with Crippen molar-refractivity contribution < 1.29 is 37.5 Å². The normalized spacial score (nSPS) is 25.7. The number of carbonyl (C=O) groups excluding carboxylic acids is 4. The van der Waals surface area contributed by atoms with Gasteiger partial charge in [-0.15, -0.1) is 0 Å². The number of hydrazine groups is 1. The van der Waals surface area contributed by atoms with Gasteiger partial charge in [0.25, 0.3) is 11.8 Å². The van der Waals surface area contributed by atoms with Gasteiger partial charge in [0.05, 0.1) is 40.3 Å². The van der Waals surface area contributed by atoms with E-state index < -0.39 is 69.5 Å². The van der Waals surface area contributed by atoms with Gasteiger partial charge in [0.15, 0.2) is 5.82 Å². The largest absolute Gasteiger partial charge is 0.508 e. The molecule has 2 aliphatic carbocycles. The lowest BCUT2D eigenvalue weighted by Crippen LogP contribution is -2.53. The van der Waals surface area contributed by atoms with Crippen LogP contribution in [-0.4, -0.2) is 43.6 Å². The highest BCUT2D eigenvalue weighted by atomic mass is 35.5. The number of allylic oxidation sites excluding steroid dienone is 2. The van der Waals surface area contributed by atoms with E-state index in [-0.39, 0.29) is 36.9 Å². The minimum absolute atomic E-state index is 0.0488. The number of likely N-dealkylation sites (tertiary alicyclic amines) is 1. The van der Waals surface area contributed by atoms with E-state index in [1.807, 2.05) is 48.5 Å². The molecule has 9 rings (SSSR count). The van der Waals surface area contributed by atoms with Gasteiger partial charge in [-0.05, 0) is 64.9 Å². The molecule has 4 amide bonds. The Bertz CT molecular complexity index is 2550. The lowest BCUT2D eigenvalue weighted by molar-refractivity contribution is -0.142. The molecular weight excluding hydrogens is 780 g/mol. The number of alkyl halides is 3. The first-order valence-corrected chi connectivity index (χ1v) is 19.0. The molecule has 5 aromatic rings. The molecule has 4 aromatic carbocycles. The van der Waals surface area contributed by atoms with E-state index in [0.29, 0.717) is 39.4 Å². The molecule has 2 aliphatic heterocycles. The van der Waals surface area contributed by atoms with E-state index in [0.717, 1.165) is 16.0 Å². The van der Waals surface area contributed by atoms with Crippen molar-refractivity contribution in [3.05, 3.63) is 147 Å². The Morgan fingerprint density at radius 1 is 0.860 bits per heavy atom. The Hall–Kier alpha value is -5.72. The number of amides is 4. The van der Waals surface area contributed by atoms with Gasteiger partial charge in [-0.2, -0.15) is 18.2 Å². The first-order valence-electron chi connectivity index (χ1n) is 18.2. The molecule has 57 heavy (non-hydrogen) atoms. The van der Waals surface area contributed by atoms with E-state index in [1.54, 1.807) is 42.5 Å². The molecule has 0 bridgehead atoms. The van der Waals surface area contributed by atoms with E-state index in [1.165, 1.54) is 11.0 Å². The number of carbonyl (C=O) groups is 4. The minimum atomic E-state index is -4.76. The number of hydrogen-bond donors (Lipinski definition) is 2. The Kier molecular flexibility index (Phi) is 8.71. The molecule has 1 aromatic heterocycles. The van der Waals surface area contributed by atoms with Gasteiger partial charge in [-0.1, -0.05) is 108 Å². The number of phenols is 1. The summed E-state index contributed by atoms with van der Waals surface area (Å²) in [7, 11) is 0. The van der Waals surface area contributed by atoms with Crippen LogP contribution in [0.3, 0.4) is 0 Å². The zero-order valence-corrected chi connectivity index (χ0v) is 31.2. The maximum Gasteiger partial charge on any atom is 0.417 e. The first kappa shape index (κ1) is 36.9. The fourth-order valence-corrected chi connectivity index (χ4v) is 10.0. The second-order valence-electron chi connectivity index (χ2n) is 14.9. The highest BCUT2D eigenvalue weighted by molar-refractivity contribution is 6.33. The average molecular weight is 812 g/mol. The lowest BCUT2D eigenvalue weighted by atomic mass is 9.48. The zero-order valence-electron chi connectivity index (χ0n) is 29.7. The number of hydrogen-bond acceptors (Lipinski definition) is 7. The van der Waals surface area contributed by atoms with E-state index in [2.05, 4.69) is 10.4 Å². The van der Waals surface area contributed by atoms with Gasteiger partial charge in [0, 0.05) is 22.7 Å². The molecule has 1 saturated carbocycles. The van der Waals surface area contributed by atoms with Crippen molar-refractivity contribution in [2.75, 3.05) is 5.43 Å². The topological polar surface area (TPSA) is 120 Å². The molecule has 3 heterocycles. The van der Waals surface area contributed by atoms with Crippen LogP contribution in [0.25, 0.3) is 10.8 Å². The monoisotopic (exact) mass is 810 g/mol. The number of pyridine rings is 1. The van der Waals surface area contributed by atoms with Crippen LogP contribution in [0.15, 0.2) is 115 Å². The number of imide groups is 2. The maximum atomic E-state index is 15.5. The molecule has 14 heteroatoms. The molecular formula is C43H31Cl2F3N4O5. The Morgan fingerprint density at radius 3 is 2.30 bits per heavy atom. The number of anilines is 1. The molecule has 6 atom stereocenters. The SMILES string of the molecule is O=C1[C@H]2[C@H](CC=C3[C@H]2C[C@H]2C(=O)N(Nc4ncc(C(F)(F)F)cc4Cl)C(=O)[C@@]2(c2ccc(Cl)cc2)[C@H]3c2c(O)ccc3ccccc23)C(=O)N1Cc1ccccc1. The fourth-order valence-electron chi connectivity index (χ4n) is 9.67. The van der Waals surface area contributed by atoms with Gasteiger partial charge in [-0.3, -0.25) is 29.5 Å². The number of fused-ring (bicyclic) bond motifs is 5. The molecule has 288 valence electrons. The average Bonchev–Trinajstić information content (AvgIpc) is 3.56. The fraction of sp³-hybridized carbons (Fsp3) is 0.233. The third-order valence-electron chi connectivity index (χ3n) is 12.1. The van der Waals surface area contributed by atoms with Gasteiger partial charge < -0.3 is 5.11 Å². The Balaban J connectivity index is 1.25. The van der Waals surface area contributed by atoms with Gasteiger partial charge >= 0.3 is 6.18 Å². The van der Waals surface area contributed by atoms with Gasteiger partial charge in [0.2, 0.25) is 11.8 Å². The minimum Gasteiger partial charge on any atom is -0.508 e. The first-order chi connectivity index (χ1) is 27.3. The second-order valence-corrected chi connectivity index (χ2v) is 15.7. The van der Waals surface area contributed by atoms with Crippen molar-refractivity contribution in [1.29, 1.82) is 0 Å². The van der Waals surface area contributed by atoms with E-state index in [9.17, 15) is 27.9 Å². The number of nitrogens with one attached hydrogen (secondary N) is 1. The number of aromatic nitrogens is 1. The molecule has 4 aliphatic rings. The number of aromatic hydroxyl groups is 1. The predicted molar refractivity (Wildman–Crippen MR) is 204 cm³/mol. The summed E-state index contributed by atoms with van der Waals surface area (Å²) in [5.74, 6) is -7.41. The second kappa shape index (κ2) is 13.5. The van der Waals surface area contributed by atoms with Crippen molar-refractivity contribution >= 4 is 63.4 Å². The van der Waals surface area contributed by atoms with Crippen molar-refractivity contribution in [1.82, 2.24) is 14.9 Å². The van der Waals surface area contributed by atoms with Crippen LogP contribution in [-0.2, 0) is 37.3 Å². The van der Waals surface area contributed by atoms with Crippen molar-refractivity contribution in [2.24, 2.45) is 23.7 Å². The van der Waals surface area contributed by atoms with Crippen LogP contribution in [0.5, 0.6) is 5.75 Å². The predicted octanol–water partition coefficient (Wildman–Crippen LogP) is 8.45. The van der Waals surface area contributed by atoms with E-state index in [4.69, 9.17) is 23.2 Å².